The van der Waals surface area contributed by atoms with Crippen LogP contribution in [0.5, 0.6) is 0 Å². The van der Waals surface area contributed by atoms with E-state index in [1.54, 1.807) is 0 Å². The highest BCUT2D eigenvalue weighted by molar-refractivity contribution is 5.13. The zero-order valence-corrected chi connectivity index (χ0v) is 10.5. The van der Waals surface area contributed by atoms with Gasteiger partial charge < -0.3 is 9.84 Å². The number of benzene rings is 1. The van der Waals surface area contributed by atoms with E-state index in [4.69, 9.17) is 4.74 Å². The largest absolute Gasteiger partial charge is 0.387 e. The van der Waals surface area contributed by atoms with Crippen LogP contribution in [0.15, 0.2) is 42.5 Å². The third-order valence-electron chi connectivity index (χ3n) is 2.48. The summed E-state index contributed by atoms with van der Waals surface area (Å²) in [5, 5.41) is 9.61. The second-order valence-electron chi connectivity index (χ2n) is 4.14. The lowest BCUT2D eigenvalue weighted by atomic mass is 10.2. The minimum atomic E-state index is -0.490. The maximum Gasteiger partial charge on any atom is 0.0954 e. The lowest BCUT2D eigenvalue weighted by molar-refractivity contribution is 0.0502. The molecular formula is C15H22O2. The molecule has 0 bridgehead atoms. The molecule has 1 aromatic carbocycles. The molecule has 94 valence electrons. The lowest BCUT2D eigenvalue weighted by Crippen LogP contribution is -2.12. The molecule has 0 saturated carbocycles. The van der Waals surface area contributed by atoms with Crippen molar-refractivity contribution in [1.29, 1.82) is 0 Å². The molecule has 0 amide bonds. The molecule has 1 aromatic rings. The van der Waals surface area contributed by atoms with Gasteiger partial charge in [0, 0.05) is 0 Å². The molecule has 17 heavy (non-hydrogen) atoms. The van der Waals surface area contributed by atoms with Crippen LogP contribution in [0.2, 0.25) is 0 Å². The standard InChI is InChI=1S/C15H22O2/c1-2-3-4-8-11-15(16)13-17-12-14-9-6-5-7-10-14/h5-11,15-16H,2-4,12-13H2,1H3/b11-8+/t15-/m1/s1. The fourth-order valence-electron chi connectivity index (χ4n) is 1.50. The predicted molar refractivity (Wildman–Crippen MR) is 70.8 cm³/mol. The van der Waals surface area contributed by atoms with Crippen LogP contribution in [0.1, 0.15) is 31.7 Å². The third-order valence-corrected chi connectivity index (χ3v) is 2.48. The highest BCUT2D eigenvalue weighted by Crippen LogP contribution is 2.02. The van der Waals surface area contributed by atoms with Gasteiger partial charge in [-0.1, -0.05) is 62.2 Å². The van der Waals surface area contributed by atoms with Crippen LogP contribution < -0.4 is 0 Å². The van der Waals surface area contributed by atoms with Crippen LogP contribution in [0.4, 0.5) is 0 Å². The summed E-state index contributed by atoms with van der Waals surface area (Å²) in [4.78, 5) is 0. The van der Waals surface area contributed by atoms with Crippen LogP contribution in [-0.2, 0) is 11.3 Å². The first-order chi connectivity index (χ1) is 8.33. The number of hydrogen-bond donors (Lipinski definition) is 1. The molecule has 0 aliphatic carbocycles. The van der Waals surface area contributed by atoms with E-state index in [9.17, 15) is 5.11 Å². The Hall–Kier alpha value is -1.12. The van der Waals surface area contributed by atoms with Crippen molar-refractivity contribution in [3.63, 3.8) is 0 Å². The van der Waals surface area contributed by atoms with Gasteiger partial charge in [0.15, 0.2) is 0 Å². The van der Waals surface area contributed by atoms with Crippen LogP contribution in [0.3, 0.4) is 0 Å². The minimum absolute atomic E-state index is 0.359. The van der Waals surface area contributed by atoms with Crippen molar-refractivity contribution in [1.82, 2.24) is 0 Å². The molecule has 2 heteroatoms. The number of ether oxygens (including phenoxy) is 1. The summed E-state index contributed by atoms with van der Waals surface area (Å²) in [6.07, 6.45) is 6.75. The Bertz CT molecular complexity index is 306. The molecule has 2 nitrogen and oxygen atoms in total. The third kappa shape index (κ3) is 6.93. The van der Waals surface area contributed by atoms with Crippen LogP contribution >= 0.6 is 0 Å². The summed E-state index contributed by atoms with van der Waals surface area (Å²) < 4.78 is 5.44. The molecule has 0 radical (unpaired) electrons. The van der Waals surface area contributed by atoms with Gasteiger partial charge >= 0.3 is 0 Å². The zero-order chi connectivity index (χ0) is 12.3. The van der Waals surface area contributed by atoms with E-state index >= 15 is 0 Å². The first-order valence-corrected chi connectivity index (χ1v) is 6.29. The highest BCUT2D eigenvalue weighted by atomic mass is 16.5. The van der Waals surface area contributed by atoms with Crippen LogP contribution in [0, 0.1) is 0 Å². The quantitative estimate of drug-likeness (QED) is 0.552. The summed E-state index contributed by atoms with van der Waals surface area (Å²) in [5.41, 5.74) is 1.13. The Balaban J connectivity index is 2.12. The van der Waals surface area contributed by atoms with Crippen LogP contribution in [-0.4, -0.2) is 17.8 Å². The maximum absolute atomic E-state index is 9.61. The molecule has 0 spiro atoms. The van der Waals surface area contributed by atoms with Gasteiger partial charge in [0.2, 0.25) is 0 Å². The summed E-state index contributed by atoms with van der Waals surface area (Å²) in [5.74, 6) is 0. The molecule has 0 saturated heterocycles. The monoisotopic (exact) mass is 234 g/mol. The van der Waals surface area contributed by atoms with E-state index in [0.717, 1.165) is 12.0 Å². The van der Waals surface area contributed by atoms with Gasteiger partial charge in [-0.25, -0.2) is 0 Å². The van der Waals surface area contributed by atoms with Gasteiger partial charge in [-0.2, -0.15) is 0 Å². The molecule has 1 atom stereocenters. The van der Waals surface area contributed by atoms with Gasteiger partial charge in [-0.15, -0.1) is 0 Å². The molecule has 1 rings (SSSR count). The fraction of sp³-hybridized carbons (Fsp3) is 0.467. The number of allylic oxidation sites excluding steroid dienone is 1. The second-order valence-corrected chi connectivity index (χ2v) is 4.14. The Morgan fingerprint density at radius 1 is 1.29 bits per heavy atom. The molecule has 0 unspecified atom stereocenters. The van der Waals surface area contributed by atoms with Crippen molar-refractivity contribution in [3.05, 3.63) is 48.0 Å². The number of aliphatic hydroxyl groups is 1. The van der Waals surface area contributed by atoms with E-state index < -0.39 is 6.10 Å². The average Bonchev–Trinajstić information content (AvgIpc) is 2.36. The lowest BCUT2D eigenvalue weighted by Gasteiger charge is -2.07. The van der Waals surface area contributed by atoms with E-state index in [-0.39, 0.29) is 0 Å². The highest BCUT2D eigenvalue weighted by Gasteiger charge is 1.99. The second kappa shape index (κ2) is 8.97. The van der Waals surface area contributed by atoms with Crippen molar-refractivity contribution >= 4 is 0 Å². The van der Waals surface area contributed by atoms with E-state index in [1.165, 1.54) is 12.8 Å². The minimum Gasteiger partial charge on any atom is -0.387 e. The van der Waals surface area contributed by atoms with Gasteiger partial charge in [-0.05, 0) is 12.0 Å². The Labute approximate surface area is 104 Å². The molecule has 1 N–H and O–H groups in total. The molecule has 0 fully saturated rings. The molecule has 0 heterocycles. The van der Waals surface area contributed by atoms with Gasteiger partial charge in [0.25, 0.3) is 0 Å². The van der Waals surface area contributed by atoms with Gasteiger partial charge in [-0.3, -0.25) is 0 Å². The Morgan fingerprint density at radius 2 is 2.06 bits per heavy atom. The number of rotatable bonds is 8. The van der Waals surface area contributed by atoms with E-state index in [0.29, 0.717) is 13.2 Å². The Morgan fingerprint density at radius 3 is 2.76 bits per heavy atom. The smallest absolute Gasteiger partial charge is 0.0954 e. The normalized spacial score (nSPS) is 13.1. The molecule has 0 aromatic heterocycles. The Kier molecular flexibility index (Phi) is 7.35. The maximum atomic E-state index is 9.61. The summed E-state index contributed by atoms with van der Waals surface area (Å²) in [6, 6.07) is 9.99. The first-order valence-electron chi connectivity index (χ1n) is 6.29. The SMILES string of the molecule is CCCC/C=C/[C@@H](O)COCc1ccccc1. The fourth-order valence-corrected chi connectivity index (χ4v) is 1.50. The summed E-state index contributed by atoms with van der Waals surface area (Å²) >= 11 is 0. The van der Waals surface area contributed by atoms with E-state index in [2.05, 4.69) is 6.92 Å². The van der Waals surface area contributed by atoms with Crippen LogP contribution in [0.25, 0.3) is 0 Å². The number of aliphatic hydroxyl groups excluding tert-OH is 1. The number of hydrogen-bond acceptors (Lipinski definition) is 2. The van der Waals surface area contributed by atoms with Crippen molar-refractivity contribution in [3.8, 4) is 0 Å². The molecular weight excluding hydrogens is 212 g/mol. The number of unbranched alkanes of at least 4 members (excludes halogenated alkanes) is 2. The average molecular weight is 234 g/mol. The van der Waals surface area contributed by atoms with Crippen molar-refractivity contribution in [2.24, 2.45) is 0 Å². The van der Waals surface area contributed by atoms with E-state index in [1.807, 2.05) is 42.5 Å². The first kappa shape index (κ1) is 13.9. The summed E-state index contributed by atoms with van der Waals surface area (Å²) in [6.45, 7) is 3.07. The zero-order valence-electron chi connectivity index (χ0n) is 10.5. The topological polar surface area (TPSA) is 29.5 Å². The molecule has 0 aliphatic rings. The summed E-state index contributed by atoms with van der Waals surface area (Å²) in [7, 11) is 0. The van der Waals surface area contributed by atoms with Crippen molar-refractivity contribution in [2.45, 2.75) is 38.9 Å². The van der Waals surface area contributed by atoms with Gasteiger partial charge in [0.05, 0.1) is 19.3 Å². The van der Waals surface area contributed by atoms with Crippen molar-refractivity contribution < 1.29 is 9.84 Å². The molecule has 0 aliphatic heterocycles. The predicted octanol–water partition coefficient (Wildman–Crippen LogP) is 3.31. The van der Waals surface area contributed by atoms with Gasteiger partial charge in [0.1, 0.15) is 0 Å². The van der Waals surface area contributed by atoms with Crippen molar-refractivity contribution in [2.75, 3.05) is 6.61 Å².